The summed E-state index contributed by atoms with van der Waals surface area (Å²) in [4.78, 5) is 12.2. The van der Waals surface area contributed by atoms with Gasteiger partial charge in [-0.25, -0.2) is 9.82 Å². The van der Waals surface area contributed by atoms with E-state index in [-0.39, 0.29) is 30.1 Å². The molecular weight excluding hydrogens is 358 g/mol. The summed E-state index contributed by atoms with van der Waals surface area (Å²) in [6.45, 7) is 0.0330. The number of carbonyl (C=O) groups is 1. The van der Waals surface area contributed by atoms with Crippen LogP contribution < -0.4 is 10.7 Å². The highest BCUT2D eigenvalue weighted by molar-refractivity contribution is 6.21. The summed E-state index contributed by atoms with van der Waals surface area (Å²) in [7, 11) is 0. The van der Waals surface area contributed by atoms with Crippen LogP contribution in [0.25, 0.3) is 0 Å². The fourth-order valence-corrected chi connectivity index (χ4v) is 2.62. The Balaban J connectivity index is 2.01. The Morgan fingerprint density at radius 3 is 2.77 bits per heavy atom. The maximum atomic E-state index is 13.5. The van der Waals surface area contributed by atoms with Crippen molar-refractivity contribution in [2.75, 3.05) is 18.5 Å². The van der Waals surface area contributed by atoms with Gasteiger partial charge in [0.15, 0.2) is 0 Å². The minimum absolute atomic E-state index is 0.0600. The summed E-state index contributed by atoms with van der Waals surface area (Å²) in [6, 6.07) is 2.36. The summed E-state index contributed by atoms with van der Waals surface area (Å²) in [5, 5.41) is 22.0. The number of aromatic amines is 1. The Hall–Kier alpha value is -2.95. The van der Waals surface area contributed by atoms with Crippen molar-refractivity contribution in [2.45, 2.75) is 12.1 Å². The number of nitrogens with one attached hydrogen (secondary N) is 3. The lowest BCUT2D eigenvalue weighted by atomic mass is 9.90. The molecule has 26 heavy (non-hydrogen) atoms. The summed E-state index contributed by atoms with van der Waals surface area (Å²) < 4.78 is 52.4. The number of hydrogen-bond acceptors (Lipinski definition) is 5. The Morgan fingerprint density at radius 2 is 2.08 bits per heavy atom. The van der Waals surface area contributed by atoms with Crippen molar-refractivity contribution in [1.29, 1.82) is 0 Å². The lowest BCUT2D eigenvalue weighted by molar-refractivity contribution is -0.140. The number of rotatable bonds is 5. The first-order valence-corrected chi connectivity index (χ1v) is 7.45. The van der Waals surface area contributed by atoms with Crippen molar-refractivity contribution in [1.82, 2.24) is 15.6 Å². The second kappa shape index (κ2) is 6.75. The van der Waals surface area contributed by atoms with Crippen LogP contribution in [0.4, 0.5) is 23.2 Å². The molecule has 7 nitrogen and oxygen atoms in total. The third-order valence-corrected chi connectivity index (χ3v) is 3.77. The van der Waals surface area contributed by atoms with Gasteiger partial charge in [0.2, 0.25) is 0 Å². The first kappa shape index (κ1) is 17.9. The van der Waals surface area contributed by atoms with Crippen LogP contribution in [-0.2, 0) is 11.0 Å². The molecule has 1 atom stereocenters. The molecule has 0 saturated carbocycles. The fourth-order valence-electron chi connectivity index (χ4n) is 2.62. The normalized spacial score (nSPS) is 17.2. The van der Waals surface area contributed by atoms with E-state index < -0.39 is 29.4 Å². The molecule has 11 heteroatoms. The Kier molecular flexibility index (Phi) is 4.64. The molecule has 0 radical (unpaired) electrons. The Labute approximate surface area is 144 Å². The van der Waals surface area contributed by atoms with E-state index in [0.717, 1.165) is 6.07 Å². The van der Waals surface area contributed by atoms with Gasteiger partial charge in [-0.05, 0) is 17.7 Å². The van der Waals surface area contributed by atoms with Crippen molar-refractivity contribution in [3.63, 3.8) is 0 Å². The first-order valence-electron chi connectivity index (χ1n) is 7.45. The number of aliphatic hydroxyl groups excluding tert-OH is 1. The van der Waals surface area contributed by atoms with E-state index in [0.29, 0.717) is 17.8 Å². The number of H-pyrrole nitrogens is 1. The molecule has 2 aromatic rings. The number of nitrogens with zero attached hydrogens (tertiary/aromatic N) is 2. The second-order valence-corrected chi connectivity index (χ2v) is 5.45. The fraction of sp³-hybridized carbons (Fsp3) is 0.267. The molecule has 2 heterocycles. The predicted octanol–water partition coefficient (Wildman–Crippen LogP) is 1.59. The summed E-state index contributed by atoms with van der Waals surface area (Å²) in [5.74, 6) is -3.25. The maximum absolute atomic E-state index is 13.5. The molecule has 138 valence electrons. The van der Waals surface area contributed by atoms with Crippen LogP contribution in [0.1, 0.15) is 22.7 Å². The summed E-state index contributed by atoms with van der Waals surface area (Å²) in [5.41, 5.74) is 1.49. The van der Waals surface area contributed by atoms with Gasteiger partial charge in [-0.15, -0.1) is 0 Å². The largest absolute Gasteiger partial charge is 0.419 e. The van der Waals surface area contributed by atoms with Gasteiger partial charge in [-0.3, -0.25) is 9.89 Å². The Bertz CT molecular complexity index is 862. The van der Waals surface area contributed by atoms with Gasteiger partial charge >= 0.3 is 6.18 Å². The van der Waals surface area contributed by atoms with Gasteiger partial charge in [0.25, 0.3) is 5.91 Å². The number of amides is 1. The van der Waals surface area contributed by atoms with Gasteiger partial charge in [0.1, 0.15) is 23.1 Å². The van der Waals surface area contributed by atoms with Crippen molar-refractivity contribution in [3.05, 3.63) is 47.0 Å². The average molecular weight is 371 g/mol. The first-order chi connectivity index (χ1) is 12.3. The smallest absolute Gasteiger partial charge is 0.395 e. The highest BCUT2D eigenvalue weighted by Gasteiger charge is 2.39. The zero-order valence-corrected chi connectivity index (χ0v) is 13.1. The van der Waals surface area contributed by atoms with E-state index in [2.05, 4.69) is 26.0 Å². The number of hydrazone groups is 1. The van der Waals surface area contributed by atoms with E-state index in [9.17, 15) is 22.4 Å². The quantitative estimate of drug-likeness (QED) is 0.600. The van der Waals surface area contributed by atoms with Gasteiger partial charge in [-0.2, -0.15) is 23.4 Å². The van der Waals surface area contributed by atoms with Crippen LogP contribution in [0.2, 0.25) is 0 Å². The number of aromatic nitrogens is 2. The SMILES string of the molecule is O=C1NN=C(c2[nH]ncc2NCCO)C1c1ccc(F)c(C(F)(F)F)c1. The predicted molar refractivity (Wildman–Crippen MR) is 83.0 cm³/mol. The monoisotopic (exact) mass is 371 g/mol. The number of halogens is 4. The zero-order chi connectivity index (χ0) is 18.9. The molecule has 1 aliphatic heterocycles. The Morgan fingerprint density at radius 1 is 1.31 bits per heavy atom. The van der Waals surface area contributed by atoms with Crippen LogP contribution in [0.3, 0.4) is 0 Å². The van der Waals surface area contributed by atoms with Crippen LogP contribution in [0.5, 0.6) is 0 Å². The maximum Gasteiger partial charge on any atom is 0.419 e. The third kappa shape index (κ3) is 3.25. The lowest BCUT2D eigenvalue weighted by Gasteiger charge is -2.15. The second-order valence-electron chi connectivity index (χ2n) is 5.45. The molecule has 0 aliphatic carbocycles. The van der Waals surface area contributed by atoms with Crippen molar-refractivity contribution in [3.8, 4) is 0 Å². The topological polar surface area (TPSA) is 102 Å². The van der Waals surface area contributed by atoms with E-state index in [4.69, 9.17) is 5.11 Å². The summed E-state index contributed by atoms with van der Waals surface area (Å²) in [6.07, 6.45) is -3.51. The van der Waals surface area contributed by atoms with Gasteiger partial charge in [0, 0.05) is 6.54 Å². The number of hydrogen-bond donors (Lipinski definition) is 4. The molecule has 4 N–H and O–H groups in total. The number of anilines is 1. The number of benzene rings is 1. The molecule has 1 aromatic heterocycles. The van der Waals surface area contributed by atoms with E-state index in [1.807, 2.05) is 0 Å². The summed E-state index contributed by atoms with van der Waals surface area (Å²) >= 11 is 0. The van der Waals surface area contributed by atoms with Crippen molar-refractivity contribution >= 4 is 17.3 Å². The molecule has 3 rings (SSSR count). The molecular formula is C15H13F4N5O2. The van der Waals surface area contributed by atoms with Crippen molar-refractivity contribution < 1.29 is 27.5 Å². The van der Waals surface area contributed by atoms with Crippen molar-refractivity contribution in [2.24, 2.45) is 5.10 Å². The number of carbonyl (C=O) groups excluding carboxylic acids is 1. The molecule has 1 aliphatic rings. The van der Waals surface area contributed by atoms with E-state index >= 15 is 0 Å². The third-order valence-electron chi connectivity index (χ3n) is 3.77. The van der Waals surface area contributed by atoms with E-state index in [1.54, 1.807) is 0 Å². The van der Waals surface area contributed by atoms with Crippen LogP contribution in [0.15, 0.2) is 29.5 Å². The van der Waals surface area contributed by atoms with Gasteiger partial charge in [0.05, 0.1) is 24.1 Å². The highest BCUT2D eigenvalue weighted by Crippen LogP contribution is 2.35. The molecule has 1 amide bonds. The minimum atomic E-state index is -4.89. The van der Waals surface area contributed by atoms with Gasteiger partial charge < -0.3 is 10.4 Å². The standard InChI is InChI=1S/C15H13F4N5O2/c16-9-2-1-7(5-8(9)15(17,18)19)11-13(23-24-14(11)26)12-10(6-21-22-12)20-3-4-25/h1-2,5-6,11,20,25H,3-4H2,(H,21,22)(H,24,26). The number of alkyl halides is 3. The molecule has 0 fully saturated rings. The molecule has 1 aromatic carbocycles. The highest BCUT2D eigenvalue weighted by atomic mass is 19.4. The van der Waals surface area contributed by atoms with Crippen LogP contribution in [-0.4, -0.2) is 40.1 Å². The molecule has 0 bridgehead atoms. The molecule has 0 saturated heterocycles. The van der Waals surface area contributed by atoms with E-state index in [1.165, 1.54) is 6.20 Å². The van der Waals surface area contributed by atoms with Crippen LogP contribution >= 0.6 is 0 Å². The minimum Gasteiger partial charge on any atom is -0.395 e. The number of aliphatic hydroxyl groups is 1. The van der Waals surface area contributed by atoms with Gasteiger partial charge in [-0.1, -0.05) is 6.07 Å². The molecule has 0 spiro atoms. The average Bonchev–Trinajstić information content (AvgIpc) is 3.18. The lowest BCUT2D eigenvalue weighted by Crippen LogP contribution is -2.23. The molecule has 1 unspecified atom stereocenters. The van der Waals surface area contributed by atoms with Crippen LogP contribution in [0, 0.1) is 5.82 Å². The zero-order valence-electron chi connectivity index (χ0n) is 13.1.